The third-order valence-corrected chi connectivity index (χ3v) is 3.57. The molecule has 0 unspecified atom stereocenters. The molecular formula is C16H18BrN3O2. The van der Waals surface area contributed by atoms with Crippen LogP contribution in [0.2, 0.25) is 0 Å². The molecule has 0 aliphatic rings. The summed E-state index contributed by atoms with van der Waals surface area (Å²) >= 11 is 3.38. The van der Waals surface area contributed by atoms with E-state index in [1.807, 2.05) is 39.0 Å². The second-order valence-corrected chi connectivity index (χ2v) is 6.46. The van der Waals surface area contributed by atoms with Gasteiger partial charge in [-0.05, 0) is 42.7 Å². The van der Waals surface area contributed by atoms with Gasteiger partial charge in [0.1, 0.15) is 5.69 Å². The first-order valence-corrected chi connectivity index (χ1v) is 7.82. The molecule has 0 radical (unpaired) electrons. The Hall–Kier alpha value is -1.95. The predicted octanol–water partition coefficient (Wildman–Crippen LogP) is 3.22. The summed E-state index contributed by atoms with van der Waals surface area (Å²) in [5.41, 5.74) is 1.68. The van der Waals surface area contributed by atoms with Gasteiger partial charge in [-0.2, -0.15) is 5.10 Å². The van der Waals surface area contributed by atoms with E-state index < -0.39 is 0 Å². The van der Waals surface area contributed by atoms with Crippen molar-refractivity contribution in [1.82, 2.24) is 9.78 Å². The molecule has 6 heteroatoms. The highest BCUT2D eigenvalue weighted by Crippen LogP contribution is 2.20. The molecule has 2 rings (SSSR count). The van der Waals surface area contributed by atoms with Crippen LogP contribution in [0.3, 0.4) is 0 Å². The van der Waals surface area contributed by atoms with Gasteiger partial charge < -0.3 is 5.32 Å². The Kier molecular flexibility index (Phi) is 5.13. The van der Waals surface area contributed by atoms with Crippen molar-refractivity contribution in [2.24, 2.45) is 5.92 Å². The van der Waals surface area contributed by atoms with Gasteiger partial charge in [-0.1, -0.05) is 29.8 Å². The number of nitrogens with zero attached hydrogens (tertiary/aromatic N) is 2. The normalized spacial score (nSPS) is 10.8. The highest BCUT2D eigenvalue weighted by molar-refractivity contribution is 9.10. The largest absolute Gasteiger partial charge is 0.320 e. The Morgan fingerprint density at radius 1 is 1.32 bits per heavy atom. The number of anilines is 1. The van der Waals surface area contributed by atoms with E-state index in [1.54, 1.807) is 0 Å². The minimum Gasteiger partial charge on any atom is -0.320 e. The molecule has 1 aromatic carbocycles. The predicted molar refractivity (Wildman–Crippen MR) is 90.2 cm³/mol. The summed E-state index contributed by atoms with van der Waals surface area (Å²) in [6.07, 6.45) is 0. The number of benzene rings is 1. The molecule has 0 aliphatic carbocycles. The number of aryl methyl sites for hydroxylation is 1. The van der Waals surface area contributed by atoms with Crippen LogP contribution in [0.5, 0.6) is 0 Å². The first-order chi connectivity index (χ1) is 10.4. The van der Waals surface area contributed by atoms with E-state index in [0.29, 0.717) is 6.54 Å². The van der Waals surface area contributed by atoms with Crippen LogP contribution in [0.4, 0.5) is 5.69 Å². The molecule has 116 valence electrons. The minimum atomic E-state index is -0.331. The van der Waals surface area contributed by atoms with Crippen LogP contribution in [0.25, 0.3) is 0 Å². The number of aromatic nitrogens is 2. The van der Waals surface area contributed by atoms with Gasteiger partial charge in [0.05, 0.1) is 0 Å². The molecule has 0 saturated carbocycles. The summed E-state index contributed by atoms with van der Waals surface area (Å²) in [4.78, 5) is 24.0. The van der Waals surface area contributed by atoms with Crippen molar-refractivity contribution in [3.05, 3.63) is 56.4 Å². The standard InChI is InChI=1S/C16H18BrN3O2/c1-10(2)9-20-15(21)7-6-14(19-20)16(22)18-13-5-4-12(17)8-11(13)3/h4-8,10H,9H2,1-3H3,(H,18,22). The molecule has 0 aliphatic heterocycles. The monoisotopic (exact) mass is 363 g/mol. The van der Waals surface area contributed by atoms with Crippen LogP contribution in [0, 0.1) is 12.8 Å². The zero-order valence-corrected chi connectivity index (χ0v) is 14.3. The summed E-state index contributed by atoms with van der Waals surface area (Å²) < 4.78 is 2.28. The van der Waals surface area contributed by atoms with Crippen molar-refractivity contribution >= 4 is 27.5 Å². The van der Waals surface area contributed by atoms with E-state index in [2.05, 4.69) is 26.3 Å². The molecular weight excluding hydrogens is 346 g/mol. The fraction of sp³-hybridized carbons (Fsp3) is 0.312. The van der Waals surface area contributed by atoms with Crippen LogP contribution in [-0.2, 0) is 6.54 Å². The number of rotatable bonds is 4. The second kappa shape index (κ2) is 6.87. The second-order valence-electron chi connectivity index (χ2n) is 5.55. The lowest BCUT2D eigenvalue weighted by Crippen LogP contribution is -2.27. The number of carbonyl (C=O) groups excluding carboxylic acids is 1. The molecule has 0 bridgehead atoms. The maximum Gasteiger partial charge on any atom is 0.276 e. The average Bonchev–Trinajstić information content (AvgIpc) is 2.43. The third kappa shape index (κ3) is 4.04. The number of hydrogen-bond acceptors (Lipinski definition) is 3. The van der Waals surface area contributed by atoms with Crippen molar-refractivity contribution in [2.75, 3.05) is 5.32 Å². The van der Waals surface area contributed by atoms with Gasteiger partial charge in [-0.3, -0.25) is 9.59 Å². The molecule has 1 heterocycles. The van der Waals surface area contributed by atoms with Gasteiger partial charge in [0, 0.05) is 22.8 Å². The summed E-state index contributed by atoms with van der Waals surface area (Å²) in [7, 11) is 0. The number of amides is 1. The van der Waals surface area contributed by atoms with Crippen molar-refractivity contribution in [1.29, 1.82) is 0 Å². The maximum absolute atomic E-state index is 12.3. The number of hydrogen-bond donors (Lipinski definition) is 1. The van der Waals surface area contributed by atoms with Gasteiger partial charge in [0.2, 0.25) is 0 Å². The number of carbonyl (C=O) groups is 1. The van der Waals surface area contributed by atoms with Crippen LogP contribution < -0.4 is 10.9 Å². The zero-order chi connectivity index (χ0) is 16.3. The van der Waals surface area contributed by atoms with Crippen molar-refractivity contribution in [3.63, 3.8) is 0 Å². The SMILES string of the molecule is Cc1cc(Br)ccc1NC(=O)c1ccc(=O)n(CC(C)C)n1. The minimum absolute atomic E-state index is 0.204. The van der Waals surface area contributed by atoms with Gasteiger partial charge in [-0.15, -0.1) is 0 Å². The van der Waals surface area contributed by atoms with E-state index in [9.17, 15) is 9.59 Å². The van der Waals surface area contributed by atoms with E-state index in [4.69, 9.17) is 0 Å². The van der Waals surface area contributed by atoms with Gasteiger partial charge >= 0.3 is 0 Å². The van der Waals surface area contributed by atoms with Gasteiger partial charge in [0.25, 0.3) is 11.5 Å². The Labute approximate surface area is 137 Å². The molecule has 1 amide bonds. The highest BCUT2D eigenvalue weighted by Gasteiger charge is 2.12. The summed E-state index contributed by atoms with van der Waals surface area (Å²) in [5.74, 6) is -0.0554. The number of nitrogens with one attached hydrogen (secondary N) is 1. The van der Waals surface area contributed by atoms with E-state index in [1.165, 1.54) is 16.8 Å². The average molecular weight is 364 g/mol. The Balaban J connectivity index is 2.24. The summed E-state index contributed by atoms with van der Waals surface area (Å²) in [6, 6.07) is 8.42. The fourth-order valence-electron chi connectivity index (χ4n) is 2.00. The Morgan fingerprint density at radius 2 is 2.05 bits per heavy atom. The number of halogens is 1. The quantitative estimate of drug-likeness (QED) is 0.906. The highest BCUT2D eigenvalue weighted by atomic mass is 79.9. The molecule has 0 spiro atoms. The van der Waals surface area contributed by atoms with Crippen LogP contribution in [0.15, 0.2) is 39.6 Å². The van der Waals surface area contributed by atoms with Crippen LogP contribution >= 0.6 is 15.9 Å². The maximum atomic E-state index is 12.3. The van der Waals surface area contributed by atoms with Crippen molar-refractivity contribution in [3.8, 4) is 0 Å². The molecule has 0 saturated heterocycles. The first kappa shape index (κ1) is 16.4. The molecule has 0 fully saturated rings. The molecule has 2 aromatic rings. The van der Waals surface area contributed by atoms with Crippen LogP contribution in [-0.4, -0.2) is 15.7 Å². The van der Waals surface area contributed by atoms with Crippen LogP contribution in [0.1, 0.15) is 29.9 Å². The third-order valence-electron chi connectivity index (χ3n) is 3.07. The van der Waals surface area contributed by atoms with Crippen molar-refractivity contribution < 1.29 is 4.79 Å². The molecule has 1 aromatic heterocycles. The van der Waals surface area contributed by atoms with E-state index >= 15 is 0 Å². The van der Waals surface area contributed by atoms with Gasteiger partial charge in [-0.25, -0.2) is 4.68 Å². The molecule has 5 nitrogen and oxygen atoms in total. The Morgan fingerprint density at radius 3 is 2.68 bits per heavy atom. The lowest BCUT2D eigenvalue weighted by molar-refractivity contribution is 0.101. The molecule has 1 N–H and O–H groups in total. The smallest absolute Gasteiger partial charge is 0.276 e. The topological polar surface area (TPSA) is 64.0 Å². The zero-order valence-electron chi connectivity index (χ0n) is 12.8. The summed E-state index contributed by atoms with van der Waals surface area (Å²) in [5, 5.41) is 6.95. The molecule has 0 atom stereocenters. The fourth-order valence-corrected chi connectivity index (χ4v) is 2.48. The lowest BCUT2D eigenvalue weighted by atomic mass is 10.2. The Bertz CT molecular complexity index is 753. The van der Waals surface area contributed by atoms with Crippen molar-refractivity contribution in [2.45, 2.75) is 27.3 Å². The van der Waals surface area contributed by atoms with E-state index in [-0.39, 0.29) is 23.1 Å². The van der Waals surface area contributed by atoms with Gasteiger partial charge in [0.15, 0.2) is 0 Å². The van der Waals surface area contributed by atoms with E-state index in [0.717, 1.165) is 15.7 Å². The lowest BCUT2D eigenvalue weighted by Gasteiger charge is -2.11. The molecule has 22 heavy (non-hydrogen) atoms. The first-order valence-electron chi connectivity index (χ1n) is 7.02. The summed E-state index contributed by atoms with van der Waals surface area (Å²) in [6.45, 7) is 6.38.